The molecule has 7 nitrogen and oxygen atoms in total. The summed E-state index contributed by atoms with van der Waals surface area (Å²) in [5.41, 5.74) is 1.00. The first-order valence-corrected chi connectivity index (χ1v) is 10.7. The average molecular weight is 390 g/mol. The highest BCUT2D eigenvalue weighted by Crippen LogP contribution is 2.26. The molecule has 0 amide bonds. The molecule has 9 heteroatoms. The fourth-order valence-electron chi connectivity index (χ4n) is 2.30. The molecule has 0 aliphatic rings. The average Bonchev–Trinajstić information content (AvgIpc) is 3.33. The third kappa shape index (κ3) is 5.77. The lowest BCUT2D eigenvalue weighted by molar-refractivity contribution is 0.487. The highest BCUT2D eigenvalue weighted by Gasteiger charge is 2.06. The molecule has 0 radical (unpaired) electrons. The fourth-order valence-corrected chi connectivity index (χ4v) is 4.15. The second-order valence-corrected chi connectivity index (χ2v) is 8.10. The van der Waals surface area contributed by atoms with E-state index in [1.165, 1.54) is 0 Å². The van der Waals surface area contributed by atoms with Crippen molar-refractivity contribution in [2.24, 2.45) is 0 Å². The van der Waals surface area contributed by atoms with E-state index < -0.39 is 0 Å². The van der Waals surface area contributed by atoms with Gasteiger partial charge in [-0.2, -0.15) is 4.80 Å². The zero-order valence-corrected chi connectivity index (χ0v) is 16.5. The molecule has 2 heterocycles. The summed E-state index contributed by atoms with van der Waals surface area (Å²) in [5, 5.41) is 25.2. The van der Waals surface area contributed by atoms with Gasteiger partial charge in [0.1, 0.15) is 0 Å². The fraction of sp³-hybridized carbons (Fsp3) is 0.471. The SMILES string of the molecule is CCCNc1nnc(SCCCCCn2nnc(-c3ccccc3)n2)s1. The molecular weight excluding hydrogens is 366 g/mol. The van der Waals surface area contributed by atoms with E-state index in [4.69, 9.17) is 0 Å². The Bertz CT molecular complexity index is 772. The lowest BCUT2D eigenvalue weighted by Crippen LogP contribution is -2.02. The maximum Gasteiger partial charge on any atom is 0.206 e. The molecule has 3 aromatic rings. The van der Waals surface area contributed by atoms with Crippen LogP contribution in [0.1, 0.15) is 32.6 Å². The molecule has 0 bridgehead atoms. The number of tetrazole rings is 1. The third-order valence-electron chi connectivity index (χ3n) is 3.65. The van der Waals surface area contributed by atoms with Crippen LogP contribution in [0.4, 0.5) is 5.13 Å². The standard InChI is InChI=1S/C17H23N7S2/c1-2-11-18-16-20-21-17(26-16)25-13-8-4-7-12-24-22-15(19-23-24)14-9-5-3-6-10-14/h3,5-6,9-10H,2,4,7-8,11-13H2,1H3,(H,18,20). The lowest BCUT2D eigenvalue weighted by atomic mass is 10.2. The van der Waals surface area contributed by atoms with Gasteiger partial charge in [-0.25, -0.2) is 0 Å². The lowest BCUT2D eigenvalue weighted by Gasteiger charge is -1.99. The number of anilines is 1. The van der Waals surface area contributed by atoms with Crippen LogP contribution >= 0.6 is 23.1 Å². The first-order valence-electron chi connectivity index (χ1n) is 8.88. The third-order valence-corrected chi connectivity index (χ3v) is 5.75. The molecule has 0 aliphatic heterocycles. The Morgan fingerprint density at radius 2 is 1.96 bits per heavy atom. The zero-order valence-electron chi connectivity index (χ0n) is 14.8. The minimum absolute atomic E-state index is 0.685. The first kappa shape index (κ1) is 18.8. The van der Waals surface area contributed by atoms with Gasteiger partial charge in [0.2, 0.25) is 11.0 Å². The summed E-state index contributed by atoms with van der Waals surface area (Å²) in [6, 6.07) is 9.93. The van der Waals surface area contributed by atoms with E-state index in [9.17, 15) is 0 Å². The number of rotatable bonds is 11. The van der Waals surface area contributed by atoms with Gasteiger partial charge in [-0.05, 0) is 24.5 Å². The molecule has 2 aromatic heterocycles. The van der Waals surface area contributed by atoms with Crippen molar-refractivity contribution in [2.75, 3.05) is 17.6 Å². The number of nitrogens with zero attached hydrogens (tertiary/aromatic N) is 6. The van der Waals surface area contributed by atoms with Crippen LogP contribution in [0.2, 0.25) is 0 Å². The minimum Gasteiger partial charge on any atom is -0.360 e. The second-order valence-electron chi connectivity index (χ2n) is 5.78. The quantitative estimate of drug-likeness (QED) is 0.392. The molecule has 138 valence electrons. The predicted octanol–water partition coefficient (Wildman–Crippen LogP) is 3.98. The molecule has 0 saturated carbocycles. The van der Waals surface area contributed by atoms with Gasteiger partial charge in [0, 0.05) is 17.9 Å². The van der Waals surface area contributed by atoms with Crippen molar-refractivity contribution in [2.45, 2.75) is 43.5 Å². The Balaban J connectivity index is 1.31. The number of aryl methyl sites for hydroxylation is 1. The van der Waals surface area contributed by atoms with Gasteiger partial charge in [0.25, 0.3) is 0 Å². The van der Waals surface area contributed by atoms with E-state index in [-0.39, 0.29) is 0 Å². The predicted molar refractivity (Wildman–Crippen MR) is 107 cm³/mol. The maximum atomic E-state index is 4.44. The van der Waals surface area contributed by atoms with Crippen LogP contribution < -0.4 is 5.32 Å². The number of benzene rings is 1. The minimum atomic E-state index is 0.685. The Hall–Kier alpha value is -2.00. The van der Waals surface area contributed by atoms with E-state index in [0.29, 0.717) is 5.82 Å². The Morgan fingerprint density at radius 3 is 2.81 bits per heavy atom. The smallest absolute Gasteiger partial charge is 0.206 e. The summed E-state index contributed by atoms with van der Waals surface area (Å²) in [6.07, 6.45) is 4.41. The second kappa shape index (κ2) is 10.2. The van der Waals surface area contributed by atoms with Gasteiger partial charge in [0.15, 0.2) is 4.34 Å². The van der Waals surface area contributed by atoms with Crippen LogP contribution in [0.5, 0.6) is 0 Å². The van der Waals surface area contributed by atoms with E-state index in [1.807, 2.05) is 30.3 Å². The molecular formula is C17H23N7S2. The van der Waals surface area contributed by atoms with Crippen molar-refractivity contribution in [3.05, 3.63) is 30.3 Å². The number of hydrogen-bond acceptors (Lipinski definition) is 8. The van der Waals surface area contributed by atoms with Gasteiger partial charge in [0.05, 0.1) is 6.54 Å². The van der Waals surface area contributed by atoms with Crippen LogP contribution in [0.25, 0.3) is 11.4 Å². The van der Waals surface area contributed by atoms with Crippen molar-refractivity contribution in [3.8, 4) is 11.4 Å². The molecule has 0 fully saturated rings. The molecule has 0 atom stereocenters. The summed E-state index contributed by atoms with van der Waals surface area (Å²) in [7, 11) is 0. The Kier molecular flexibility index (Phi) is 7.38. The van der Waals surface area contributed by atoms with Crippen LogP contribution in [-0.4, -0.2) is 42.7 Å². The van der Waals surface area contributed by atoms with Gasteiger partial charge < -0.3 is 5.32 Å². The molecule has 3 rings (SSSR count). The molecule has 26 heavy (non-hydrogen) atoms. The van der Waals surface area contributed by atoms with Gasteiger partial charge in [-0.1, -0.05) is 66.8 Å². The van der Waals surface area contributed by atoms with Gasteiger partial charge in [-0.3, -0.25) is 0 Å². The summed E-state index contributed by atoms with van der Waals surface area (Å²) in [6.45, 7) is 3.89. The van der Waals surface area contributed by atoms with Crippen LogP contribution in [-0.2, 0) is 6.54 Å². The summed E-state index contributed by atoms with van der Waals surface area (Å²) in [4.78, 5) is 1.69. The topological polar surface area (TPSA) is 81.4 Å². The van der Waals surface area contributed by atoms with Crippen LogP contribution in [0.15, 0.2) is 34.7 Å². The maximum absolute atomic E-state index is 4.44. The van der Waals surface area contributed by atoms with Crippen molar-refractivity contribution in [3.63, 3.8) is 0 Å². The number of nitrogens with one attached hydrogen (secondary N) is 1. The summed E-state index contributed by atoms with van der Waals surface area (Å²) < 4.78 is 1.04. The molecule has 0 spiro atoms. The Morgan fingerprint density at radius 1 is 1.08 bits per heavy atom. The van der Waals surface area contributed by atoms with E-state index in [1.54, 1.807) is 27.9 Å². The van der Waals surface area contributed by atoms with Crippen LogP contribution in [0, 0.1) is 0 Å². The molecule has 0 aliphatic carbocycles. The van der Waals surface area contributed by atoms with Crippen molar-refractivity contribution < 1.29 is 0 Å². The Labute approximate surface area is 161 Å². The van der Waals surface area contributed by atoms with Crippen LogP contribution in [0.3, 0.4) is 0 Å². The number of aromatic nitrogens is 6. The van der Waals surface area contributed by atoms with E-state index in [2.05, 4.69) is 37.8 Å². The molecule has 1 N–H and O–H groups in total. The largest absolute Gasteiger partial charge is 0.360 e. The number of thioether (sulfide) groups is 1. The molecule has 0 saturated heterocycles. The zero-order chi connectivity index (χ0) is 18.0. The van der Waals surface area contributed by atoms with E-state index >= 15 is 0 Å². The van der Waals surface area contributed by atoms with E-state index in [0.717, 1.165) is 59.6 Å². The molecule has 1 aromatic carbocycles. The van der Waals surface area contributed by atoms with Crippen molar-refractivity contribution in [1.82, 2.24) is 30.4 Å². The van der Waals surface area contributed by atoms with Crippen molar-refractivity contribution >= 4 is 28.2 Å². The monoisotopic (exact) mass is 389 g/mol. The summed E-state index contributed by atoms with van der Waals surface area (Å²) in [5.74, 6) is 1.74. The number of hydrogen-bond donors (Lipinski definition) is 1. The normalized spacial score (nSPS) is 11.0. The highest BCUT2D eigenvalue weighted by atomic mass is 32.2. The van der Waals surface area contributed by atoms with Gasteiger partial charge >= 0.3 is 0 Å². The molecule has 0 unspecified atom stereocenters. The van der Waals surface area contributed by atoms with Gasteiger partial charge in [-0.15, -0.1) is 20.4 Å². The van der Waals surface area contributed by atoms with Crippen molar-refractivity contribution in [1.29, 1.82) is 0 Å². The first-order chi connectivity index (χ1) is 12.8. The number of unbranched alkanes of at least 4 members (excludes halogenated alkanes) is 2. The summed E-state index contributed by atoms with van der Waals surface area (Å²) >= 11 is 3.41. The highest BCUT2D eigenvalue weighted by molar-refractivity contribution is 8.01.